The summed E-state index contributed by atoms with van der Waals surface area (Å²) in [4.78, 5) is 32.5. The number of halogens is 1. The Morgan fingerprint density at radius 1 is 1.30 bits per heavy atom. The van der Waals surface area contributed by atoms with Crippen molar-refractivity contribution in [1.82, 2.24) is 5.32 Å². The first-order chi connectivity index (χ1) is 10.8. The number of nitro benzene ring substituents is 1. The summed E-state index contributed by atoms with van der Waals surface area (Å²) in [6.07, 6.45) is 2.06. The number of aliphatic carboxylic acids is 1. The third-order valence-corrected chi connectivity index (χ3v) is 4.07. The van der Waals surface area contributed by atoms with E-state index in [-0.39, 0.29) is 12.1 Å². The van der Waals surface area contributed by atoms with E-state index in [0.717, 1.165) is 0 Å². The molecule has 0 saturated carbocycles. The number of amides is 2. The van der Waals surface area contributed by atoms with Crippen LogP contribution in [0.5, 0.6) is 0 Å². The summed E-state index contributed by atoms with van der Waals surface area (Å²) in [7, 11) is 0. The van der Waals surface area contributed by atoms with Crippen molar-refractivity contribution in [2.75, 3.05) is 11.9 Å². The van der Waals surface area contributed by atoms with Crippen LogP contribution >= 0.6 is 15.9 Å². The lowest BCUT2D eigenvalue weighted by molar-refractivity contribution is -0.385. The number of nitrogens with one attached hydrogen (secondary N) is 2. The fourth-order valence-electron chi connectivity index (χ4n) is 1.91. The lowest BCUT2D eigenvalue weighted by atomic mass is 10.2. The summed E-state index contributed by atoms with van der Waals surface area (Å²) in [6.45, 7) is 2.10. The molecule has 0 fully saturated rings. The summed E-state index contributed by atoms with van der Waals surface area (Å²) in [5.41, 5.74) is 0.859. The SMILES string of the molecule is Cc1cc(NC(=O)NCCCCCC(=O)O)cc([N+](=O)[O-])c1Br. The second-order valence-corrected chi connectivity index (χ2v) is 5.76. The number of urea groups is 1. The van der Waals surface area contributed by atoms with Crippen LogP contribution in [0.2, 0.25) is 0 Å². The summed E-state index contributed by atoms with van der Waals surface area (Å²) >= 11 is 3.15. The minimum Gasteiger partial charge on any atom is -0.481 e. The highest BCUT2D eigenvalue weighted by atomic mass is 79.9. The number of carboxylic acids is 1. The molecule has 0 aromatic heterocycles. The molecule has 8 nitrogen and oxygen atoms in total. The molecule has 2 amide bonds. The van der Waals surface area contributed by atoms with Crippen molar-refractivity contribution in [2.45, 2.75) is 32.6 Å². The first-order valence-electron chi connectivity index (χ1n) is 7.02. The number of benzene rings is 1. The molecular weight excluding hydrogens is 370 g/mol. The molecule has 0 heterocycles. The molecule has 0 aliphatic carbocycles. The Labute approximate surface area is 141 Å². The largest absolute Gasteiger partial charge is 0.481 e. The number of nitrogens with zero attached hydrogens (tertiary/aromatic N) is 1. The molecule has 9 heteroatoms. The molecule has 0 atom stereocenters. The van der Waals surface area contributed by atoms with Crippen LogP contribution in [0.25, 0.3) is 0 Å². The fraction of sp³-hybridized carbons (Fsp3) is 0.429. The van der Waals surface area contributed by atoms with Crippen LogP contribution < -0.4 is 10.6 Å². The van der Waals surface area contributed by atoms with Crippen molar-refractivity contribution in [1.29, 1.82) is 0 Å². The van der Waals surface area contributed by atoms with Gasteiger partial charge in [0, 0.05) is 24.7 Å². The number of carbonyl (C=O) groups excluding carboxylic acids is 1. The van der Waals surface area contributed by atoms with Crippen LogP contribution in [0.1, 0.15) is 31.2 Å². The fourth-order valence-corrected chi connectivity index (χ4v) is 2.28. The van der Waals surface area contributed by atoms with Gasteiger partial charge in [0.1, 0.15) is 0 Å². The van der Waals surface area contributed by atoms with E-state index in [2.05, 4.69) is 26.6 Å². The average molecular weight is 388 g/mol. The maximum Gasteiger partial charge on any atom is 0.319 e. The van der Waals surface area contributed by atoms with Gasteiger partial charge in [-0.1, -0.05) is 6.42 Å². The van der Waals surface area contributed by atoms with E-state index in [1.165, 1.54) is 6.07 Å². The lowest BCUT2D eigenvalue weighted by Crippen LogP contribution is -2.29. The van der Waals surface area contributed by atoms with E-state index >= 15 is 0 Å². The number of hydrogen-bond donors (Lipinski definition) is 3. The maximum atomic E-state index is 11.7. The molecule has 0 unspecified atom stereocenters. The number of hydrogen-bond acceptors (Lipinski definition) is 4. The number of aryl methyl sites for hydroxylation is 1. The van der Waals surface area contributed by atoms with Crippen LogP contribution in [-0.4, -0.2) is 28.6 Å². The maximum absolute atomic E-state index is 11.7. The monoisotopic (exact) mass is 387 g/mol. The van der Waals surface area contributed by atoms with Crippen molar-refractivity contribution < 1.29 is 19.6 Å². The van der Waals surface area contributed by atoms with Crippen molar-refractivity contribution in [3.8, 4) is 0 Å². The van der Waals surface area contributed by atoms with Crippen molar-refractivity contribution >= 4 is 39.3 Å². The van der Waals surface area contributed by atoms with E-state index in [9.17, 15) is 19.7 Å². The van der Waals surface area contributed by atoms with Gasteiger partial charge in [-0.2, -0.15) is 0 Å². The van der Waals surface area contributed by atoms with Gasteiger partial charge in [-0.15, -0.1) is 0 Å². The zero-order chi connectivity index (χ0) is 17.4. The van der Waals surface area contributed by atoms with E-state index in [0.29, 0.717) is 41.5 Å². The van der Waals surface area contributed by atoms with Gasteiger partial charge >= 0.3 is 12.0 Å². The molecule has 3 N–H and O–H groups in total. The molecule has 0 radical (unpaired) electrons. The summed E-state index contributed by atoms with van der Waals surface area (Å²) in [5.74, 6) is -0.831. The van der Waals surface area contributed by atoms with Gasteiger partial charge in [-0.3, -0.25) is 14.9 Å². The standard InChI is InChI=1S/C14H18BrN3O5/c1-9-7-10(8-11(13(9)15)18(22)23)17-14(21)16-6-4-2-3-5-12(19)20/h7-8H,2-6H2,1H3,(H,19,20)(H2,16,17,21). The molecule has 23 heavy (non-hydrogen) atoms. The average Bonchev–Trinajstić information content (AvgIpc) is 2.45. The molecule has 1 rings (SSSR count). The Morgan fingerprint density at radius 2 is 2.00 bits per heavy atom. The quantitative estimate of drug-likeness (QED) is 0.358. The molecule has 126 valence electrons. The van der Waals surface area contributed by atoms with E-state index in [1.807, 2.05) is 0 Å². The Balaban J connectivity index is 2.45. The molecule has 0 bridgehead atoms. The number of unbranched alkanes of at least 4 members (excludes halogenated alkanes) is 2. The van der Waals surface area contributed by atoms with Crippen molar-refractivity contribution in [2.24, 2.45) is 0 Å². The first kappa shape index (κ1) is 18.9. The van der Waals surface area contributed by atoms with Crippen LogP contribution in [0, 0.1) is 17.0 Å². The number of rotatable bonds is 8. The number of nitro groups is 1. The van der Waals surface area contributed by atoms with Gasteiger partial charge in [0.05, 0.1) is 9.40 Å². The van der Waals surface area contributed by atoms with Gasteiger partial charge in [-0.25, -0.2) is 4.79 Å². The molecule has 0 aliphatic heterocycles. The van der Waals surface area contributed by atoms with Gasteiger partial charge in [0.2, 0.25) is 0 Å². The molecule has 1 aromatic rings. The Hall–Kier alpha value is -2.16. The smallest absolute Gasteiger partial charge is 0.319 e. The van der Waals surface area contributed by atoms with Crippen LogP contribution in [0.4, 0.5) is 16.2 Å². The van der Waals surface area contributed by atoms with Crippen LogP contribution in [-0.2, 0) is 4.79 Å². The highest BCUT2D eigenvalue weighted by molar-refractivity contribution is 9.10. The Bertz CT molecular complexity index is 606. The van der Waals surface area contributed by atoms with Crippen molar-refractivity contribution in [3.63, 3.8) is 0 Å². The van der Waals surface area contributed by atoms with Gasteiger partial charge < -0.3 is 15.7 Å². The lowest BCUT2D eigenvalue weighted by Gasteiger charge is -2.09. The minimum absolute atomic E-state index is 0.117. The predicted octanol–water partition coefficient (Wildman–Crippen LogP) is 3.43. The topological polar surface area (TPSA) is 122 Å². The summed E-state index contributed by atoms with van der Waals surface area (Å²) < 4.78 is 0.381. The highest BCUT2D eigenvalue weighted by Gasteiger charge is 2.16. The Morgan fingerprint density at radius 3 is 2.61 bits per heavy atom. The van der Waals surface area contributed by atoms with E-state index in [4.69, 9.17) is 5.11 Å². The molecule has 0 spiro atoms. The third kappa shape index (κ3) is 6.64. The van der Waals surface area contributed by atoms with Gasteiger partial charge in [0.25, 0.3) is 5.69 Å². The second-order valence-electron chi connectivity index (χ2n) is 4.97. The van der Waals surface area contributed by atoms with Crippen molar-refractivity contribution in [3.05, 3.63) is 32.3 Å². The van der Waals surface area contributed by atoms with Gasteiger partial charge in [-0.05, 0) is 47.3 Å². The first-order valence-corrected chi connectivity index (χ1v) is 7.81. The number of anilines is 1. The molecule has 1 aromatic carbocycles. The van der Waals surface area contributed by atoms with E-state index in [1.54, 1.807) is 13.0 Å². The third-order valence-electron chi connectivity index (χ3n) is 3.04. The molecule has 0 aliphatic rings. The van der Waals surface area contributed by atoms with Crippen LogP contribution in [0.15, 0.2) is 16.6 Å². The second kappa shape index (κ2) is 9.09. The predicted molar refractivity (Wildman–Crippen MR) is 88.7 cm³/mol. The normalized spacial score (nSPS) is 10.2. The van der Waals surface area contributed by atoms with Crippen LogP contribution in [0.3, 0.4) is 0 Å². The molecule has 0 saturated heterocycles. The highest BCUT2D eigenvalue weighted by Crippen LogP contribution is 2.31. The number of carboxylic acid groups (broad SMARTS) is 1. The zero-order valence-electron chi connectivity index (χ0n) is 12.6. The zero-order valence-corrected chi connectivity index (χ0v) is 14.2. The summed E-state index contributed by atoms with van der Waals surface area (Å²) in [6, 6.07) is 2.45. The van der Waals surface area contributed by atoms with Gasteiger partial charge in [0.15, 0.2) is 0 Å². The molecular formula is C14H18BrN3O5. The summed E-state index contributed by atoms with van der Waals surface area (Å²) in [5, 5.41) is 24.6. The van der Waals surface area contributed by atoms with E-state index < -0.39 is 16.9 Å². The number of carbonyl (C=O) groups is 2. The Kier molecular flexibility index (Phi) is 7.46. The minimum atomic E-state index is -0.831.